The minimum Gasteiger partial charge on any atom is -0.460 e. The molecule has 258 valence electrons. The van der Waals surface area contributed by atoms with Gasteiger partial charge >= 0.3 is 11.9 Å². The number of ether oxygens (including phenoxy) is 4. The van der Waals surface area contributed by atoms with Crippen LogP contribution in [-0.4, -0.2) is 89.4 Å². The predicted octanol–water partition coefficient (Wildman–Crippen LogP) is 2.36. The molecular weight excluding hydrogens is 737 g/mol. The number of rotatable bonds is 11. The van der Waals surface area contributed by atoms with Crippen LogP contribution in [0.15, 0.2) is 48.5 Å². The molecule has 7 atom stereocenters. The Morgan fingerprint density at radius 2 is 1.85 bits per heavy atom. The zero-order chi connectivity index (χ0) is 34.2. The number of carbonyl (C=O) groups excluding carboxylic acids is 4. The molecule has 3 saturated heterocycles. The lowest BCUT2D eigenvalue weighted by Gasteiger charge is -2.48. The Morgan fingerprint density at radius 1 is 1.10 bits per heavy atom. The van der Waals surface area contributed by atoms with Crippen LogP contribution in [0.1, 0.15) is 61.5 Å². The summed E-state index contributed by atoms with van der Waals surface area (Å²) in [5.41, 5.74) is -0.0493. The lowest BCUT2D eigenvalue weighted by Crippen LogP contribution is -2.69. The third kappa shape index (κ3) is 7.09. The van der Waals surface area contributed by atoms with Crippen LogP contribution in [0.4, 0.5) is 0 Å². The Morgan fingerprint density at radius 3 is 2.58 bits per heavy atom. The summed E-state index contributed by atoms with van der Waals surface area (Å²) < 4.78 is 23.9. The SMILES string of the molecule is CC(C)(C)OC(=O)CC[C@@H](CO)NC(=O)c1cccc(CNC(=O)[C@@]23C[C@H]4OC(=O)[C@@H]2N(Cc2ccc(I)cc2)O[C@@H]3[C@H]2OCO[C@H]24)c1. The Bertz CT molecular complexity index is 1550. The highest BCUT2D eigenvalue weighted by atomic mass is 127. The maximum atomic E-state index is 14.3. The van der Waals surface area contributed by atoms with Crippen LogP contribution < -0.4 is 10.6 Å². The van der Waals surface area contributed by atoms with Gasteiger partial charge in [0.25, 0.3) is 5.91 Å². The van der Waals surface area contributed by atoms with Gasteiger partial charge in [0.05, 0.1) is 19.2 Å². The highest BCUT2D eigenvalue weighted by Crippen LogP contribution is 2.55. The van der Waals surface area contributed by atoms with Crippen molar-refractivity contribution in [2.24, 2.45) is 5.41 Å². The monoisotopic (exact) mass is 777 g/mol. The normalized spacial score (nSPS) is 28.3. The number of amides is 2. The van der Waals surface area contributed by atoms with E-state index in [9.17, 15) is 24.3 Å². The zero-order valence-corrected chi connectivity index (χ0v) is 29.1. The molecule has 14 heteroatoms. The summed E-state index contributed by atoms with van der Waals surface area (Å²) in [5, 5.41) is 17.1. The largest absolute Gasteiger partial charge is 0.460 e. The number of halogens is 1. The van der Waals surface area contributed by atoms with Gasteiger partial charge in [-0.3, -0.25) is 24.0 Å². The molecule has 2 bridgehead atoms. The summed E-state index contributed by atoms with van der Waals surface area (Å²) in [6, 6.07) is 12.9. The summed E-state index contributed by atoms with van der Waals surface area (Å²) in [6.45, 7) is 5.31. The van der Waals surface area contributed by atoms with E-state index < -0.39 is 65.4 Å². The Labute approximate surface area is 292 Å². The highest BCUT2D eigenvalue weighted by Gasteiger charge is 2.74. The highest BCUT2D eigenvalue weighted by molar-refractivity contribution is 14.1. The third-order valence-electron chi connectivity index (χ3n) is 9.06. The number of esters is 2. The van der Waals surface area contributed by atoms with Crippen LogP contribution in [0.2, 0.25) is 0 Å². The van der Waals surface area contributed by atoms with Crippen molar-refractivity contribution < 1.29 is 48.1 Å². The van der Waals surface area contributed by atoms with Gasteiger partial charge in [0.1, 0.15) is 42.2 Å². The number of nitrogens with one attached hydrogen (secondary N) is 2. The van der Waals surface area contributed by atoms with E-state index in [1.807, 2.05) is 24.3 Å². The van der Waals surface area contributed by atoms with Crippen molar-refractivity contribution >= 4 is 46.3 Å². The minimum atomic E-state index is -1.30. The maximum absolute atomic E-state index is 14.3. The van der Waals surface area contributed by atoms with Gasteiger partial charge in [-0.1, -0.05) is 24.3 Å². The molecule has 0 unspecified atom stereocenters. The molecule has 1 saturated carbocycles. The average molecular weight is 778 g/mol. The number of nitrogens with zero attached hydrogens (tertiary/aromatic N) is 1. The molecule has 4 fully saturated rings. The van der Waals surface area contributed by atoms with Crippen LogP contribution in [0.5, 0.6) is 0 Å². The van der Waals surface area contributed by atoms with Crippen LogP contribution in [0.3, 0.4) is 0 Å². The molecule has 3 heterocycles. The Kier molecular flexibility index (Phi) is 10.1. The van der Waals surface area contributed by atoms with E-state index in [0.29, 0.717) is 11.1 Å². The molecule has 6 rings (SSSR count). The van der Waals surface area contributed by atoms with E-state index in [-0.39, 0.29) is 51.7 Å². The maximum Gasteiger partial charge on any atom is 0.327 e. The molecule has 3 N–H and O–H groups in total. The second-order valence-corrected chi connectivity index (χ2v) is 14.8. The van der Waals surface area contributed by atoms with Crippen LogP contribution >= 0.6 is 22.6 Å². The van der Waals surface area contributed by atoms with Crippen molar-refractivity contribution in [3.8, 4) is 0 Å². The smallest absolute Gasteiger partial charge is 0.327 e. The van der Waals surface area contributed by atoms with Gasteiger partial charge in [0, 0.05) is 28.5 Å². The van der Waals surface area contributed by atoms with E-state index in [0.717, 1.165) is 9.13 Å². The number of hydrogen-bond donors (Lipinski definition) is 3. The molecule has 13 nitrogen and oxygen atoms in total. The van der Waals surface area contributed by atoms with Crippen LogP contribution in [0, 0.1) is 8.99 Å². The van der Waals surface area contributed by atoms with Crippen LogP contribution in [-0.2, 0) is 51.3 Å². The second kappa shape index (κ2) is 14.0. The molecule has 2 aromatic rings. The number of hydrogen-bond acceptors (Lipinski definition) is 11. The number of aliphatic hydroxyl groups is 1. The first-order valence-electron chi connectivity index (χ1n) is 16.0. The van der Waals surface area contributed by atoms with E-state index in [1.54, 1.807) is 50.1 Å². The van der Waals surface area contributed by atoms with Gasteiger partial charge in [-0.15, -0.1) is 0 Å². The molecule has 0 spiro atoms. The van der Waals surface area contributed by atoms with E-state index >= 15 is 0 Å². The van der Waals surface area contributed by atoms with Gasteiger partial charge < -0.3 is 34.7 Å². The summed E-state index contributed by atoms with van der Waals surface area (Å²) in [5.74, 6) is -1.78. The number of carbonyl (C=O) groups is 4. The van der Waals surface area contributed by atoms with Crippen molar-refractivity contribution in [3.05, 3.63) is 68.8 Å². The summed E-state index contributed by atoms with van der Waals surface area (Å²) in [7, 11) is 0. The summed E-state index contributed by atoms with van der Waals surface area (Å²) in [4.78, 5) is 59.5. The van der Waals surface area contributed by atoms with Crippen molar-refractivity contribution in [2.75, 3.05) is 13.4 Å². The lowest BCUT2D eigenvalue weighted by atomic mass is 9.62. The zero-order valence-electron chi connectivity index (χ0n) is 27.0. The standard InChI is InChI=1S/C34H40IN3O10/c1-33(2,3)47-25(40)12-11-23(17-39)37-30(41)21-6-4-5-20(13-21)15-36-32(43)34-14-24-26-27(45-18-44-26)29(34)48-38(28(34)31(42)46-24)16-19-7-9-22(35)10-8-19/h4-10,13,23-24,26-29,39H,11-12,14-18H2,1-3H3,(H,36,43)(H,37,41)/t23-,24+,26-,27-,28-,29+,34-/m0/s1. The van der Waals surface area contributed by atoms with Gasteiger partial charge in [0.15, 0.2) is 6.04 Å². The first-order valence-corrected chi connectivity index (χ1v) is 17.1. The summed E-state index contributed by atoms with van der Waals surface area (Å²) >= 11 is 2.22. The number of benzene rings is 2. The third-order valence-corrected chi connectivity index (χ3v) is 9.78. The Hall–Kier alpha value is -3.15. The van der Waals surface area contributed by atoms with Gasteiger partial charge in [-0.2, -0.15) is 5.06 Å². The molecule has 0 radical (unpaired) electrons. The Balaban J connectivity index is 1.15. The van der Waals surface area contributed by atoms with Gasteiger partial charge in [0.2, 0.25) is 5.91 Å². The second-order valence-electron chi connectivity index (χ2n) is 13.6. The van der Waals surface area contributed by atoms with Crippen LogP contribution in [0.25, 0.3) is 0 Å². The molecule has 2 aromatic carbocycles. The topological polar surface area (TPSA) is 162 Å². The van der Waals surface area contributed by atoms with Crippen molar-refractivity contribution in [3.63, 3.8) is 0 Å². The number of fused-ring (bicyclic) bond motifs is 4. The first kappa shape index (κ1) is 34.7. The van der Waals surface area contributed by atoms with Gasteiger partial charge in [-0.25, -0.2) is 0 Å². The fourth-order valence-electron chi connectivity index (χ4n) is 6.93. The fraction of sp³-hybridized carbons (Fsp3) is 0.529. The summed E-state index contributed by atoms with van der Waals surface area (Å²) in [6.07, 6.45) is -2.13. The van der Waals surface area contributed by atoms with Crippen molar-refractivity contribution in [1.29, 1.82) is 0 Å². The van der Waals surface area contributed by atoms with E-state index in [2.05, 4.69) is 33.2 Å². The first-order chi connectivity index (χ1) is 22.9. The molecular formula is C34H40IN3O10. The predicted molar refractivity (Wildman–Crippen MR) is 177 cm³/mol. The van der Waals surface area contributed by atoms with Crippen molar-refractivity contribution in [2.45, 2.75) is 95.2 Å². The molecule has 48 heavy (non-hydrogen) atoms. The van der Waals surface area contributed by atoms with E-state index in [1.165, 1.54) is 0 Å². The molecule has 4 aliphatic rings. The molecule has 0 aromatic heterocycles. The lowest BCUT2D eigenvalue weighted by molar-refractivity contribution is -0.201. The number of hydroxylamine groups is 2. The molecule has 1 aliphatic carbocycles. The quantitative estimate of drug-likeness (QED) is 0.227. The minimum absolute atomic E-state index is 0.00965. The van der Waals surface area contributed by atoms with Crippen molar-refractivity contribution in [1.82, 2.24) is 15.7 Å². The fourth-order valence-corrected chi connectivity index (χ4v) is 7.29. The average Bonchev–Trinajstić information content (AvgIpc) is 3.67. The number of aliphatic hydroxyl groups excluding tert-OH is 1. The van der Waals surface area contributed by atoms with Gasteiger partial charge in [-0.05, 0) is 85.2 Å². The van der Waals surface area contributed by atoms with E-state index in [4.69, 9.17) is 23.8 Å². The molecule has 2 amide bonds. The molecule has 3 aliphatic heterocycles.